The lowest BCUT2D eigenvalue weighted by Gasteiger charge is -2.09. The van der Waals surface area contributed by atoms with Crippen LogP contribution >= 0.6 is 0 Å². The van der Waals surface area contributed by atoms with E-state index in [2.05, 4.69) is 11.8 Å². The van der Waals surface area contributed by atoms with E-state index in [-0.39, 0.29) is 18.4 Å². The van der Waals surface area contributed by atoms with Gasteiger partial charge in [0.1, 0.15) is 5.92 Å². The minimum Gasteiger partial charge on any atom is -0.480 e. The Balaban J connectivity index is 2.53. The third-order valence-corrected chi connectivity index (χ3v) is 2.75. The minimum atomic E-state index is -0.879. The van der Waals surface area contributed by atoms with Crippen molar-refractivity contribution in [2.24, 2.45) is 17.8 Å². The first-order valence-electron chi connectivity index (χ1n) is 5.00. The van der Waals surface area contributed by atoms with E-state index in [1.165, 1.54) is 0 Å². The lowest BCUT2D eigenvalue weighted by molar-refractivity contribution is -0.139. The minimum absolute atomic E-state index is 0.167. The second-order valence-electron chi connectivity index (χ2n) is 3.83. The number of carboxylic acid groups (broad SMARTS) is 1. The molecule has 0 heterocycles. The lowest BCUT2D eigenvalue weighted by atomic mass is 9.97. The van der Waals surface area contributed by atoms with Crippen LogP contribution in [-0.2, 0) is 4.79 Å². The van der Waals surface area contributed by atoms with Crippen LogP contribution in [0.15, 0.2) is 0 Å². The normalized spacial score (nSPS) is 27.9. The molecule has 0 aromatic carbocycles. The molecule has 0 aliphatic heterocycles. The van der Waals surface area contributed by atoms with Crippen LogP contribution in [0.1, 0.15) is 26.2 Å². The van der Waals surface area contributed by atoms with Crippen LogP contribution in [0.2, 0.25) is 0 Å². The van der Waals surface area contributed by atoms with Crippen molar-refractivity contribution in [3.63, 3.8) is 0 Å². The summed E-state index contributed by atoms with van der Waals surface area (Å²) in [5, 5.41) is 17.7. The van der Waals surface area contributed by atoms with Gasteiger partial charge in [-0.15, -0.1) is 0 Å². The Hall–Kier alpha value is -1.01. The zero-order valence-corrected chi connectivity index (χ0v) is 8.36. The van der Waals surface area contributed by atoms with Gasteiger partial charge in [0.2, 0.25) is 0 Å². The molecular formula is C11H16O3. The monoisotopic (exact) mass is 196 g/mol. The van der Waals surface area contributed by atoms with Gasteiger partial charge in [-0.3, -0.25) is 4.79 Å². The number of aliphatic hydroxyl groups is 1. The van der Waals surface area contributed by atoms with Crippen LogP contribution in [0.25, 0.3) is 0 Å². The van der Waals surface area contributed by atoms with E-state index in [9.17, 15) is 4.79 Å². The van der Waals surface area contributed by atoms with Crippen molar-refractivity contribution in [3.8, 4) is 11.8 Å². The Labute approximate surface area is 84.1 Å². The van der Waals surface area contributed by atoms with Crippen molar-refractivity contribution in [3.05, 3.63) is 0 Å². The van der Waals surface area contributed by atoms with Crippen molar-refractivity contribution < 1.29 is 15.0 Å². The first-order valence-corrected chi connectivity index (χ1v) is 5.00. The largest absolute Gasteiger partial charge is 0.480 e. The van der Waals surface area contributed by atoms with Crippen molar-refractivity contribution in [2.75, 3.05) is 6.61 Å². The Bertz CT molecular complexity index is 261. The number of hydrogen-bond acceptors (Lipinski definition) is 2. The first kappa shape index (κ1) is 11.1. The van der Waals surface area contributed by atoms with Crippen molar-refractivity contribution in [1.29, 1.82) is 0 Å². The van der Waals surface area contributed by atoms with Crippen molar-refractivity contribution in [2.45, 2.75) is 26.2 Å². The Morgan fingerprint density at radius 2 is 2.29 bits per heavy atom. The summed E-state index contributed by atoms with van der Waals surface area (Å²) >= 11 is 0. The third kappa shape index (κ3) is 2.74. The maximum atomic E-state index is 10.5. The quantitative estimate of drug-likeness (QED) is 0.651. The van der Waals surface area contributed by atoms with E-state index < -0.39 is 11.9 Å². The third-order valence-electron chi connectivity index (χ3n) is 2.75. The topological polar surface area (TPSA) is 57.5 Å². The van der Waals surface area contributed by atoms with Gasteiger partial charge < -0.3 is 10.2 Å². The number of hydrogen-bond donors (Lipinski definition) is 2. The van der Waals surface area contributed by atoms with Gasteiger partial charge in [0.05, 0.1) is 0 Å². The summed E-state index contributed by atoms with van der Waals surface area (Å²) in [7, 11) is 0. The van der Waals surface area contributed by atoms with E-state index in [4.69, 9.17) is 10.2 Å². The average molecular weight is 196 g/mol. The number of carbonyl (C=O) groups is 1. The molecule has 1 saturated carbocycles. The van der Waals surface area contributed by atoms with Gasteiger partial charge in [-0.05, 0) is 25.7 Å². The van der Waals surface area contributed by atoms with Gasteiger partial charge in [0.25, 0.3) is 0 Å². The molecule has 1 rings (SSSR count). The zero-order chi connectivity index (χ0) is 10.6. The van der Waals surface area contributed by atoms with Gasteiger partial charge in [-0.2, -0.15) is 0 Å². The fourth-order valence-corrected chi connectivity index (χ4v) is 1.74. The second-order valence-corrected chi connectivity index (χ2v) is 3.83. The van der Waals surface area contributed by atoms with Gasteiger partial charge in [-0.1, -0.05) is 18.3 Å². The number of aliphatic carboxylic acids is 1. The van der Waals surface area contributed by atoms with E-state index >= 15 is 0 Å². The fourth-order valence-electron chi connectivity index (χ4n) is 1.74. The standard InChI is InChI=1S/C11H16O3/c1-8(11(13)14)5-6-9-3-2-4-10(9)7-12/h8-10,12H,2-4,7H2,1H3,(H,13,14). The van der Waals surface area contributed by atoms with E-state index in [1.807, 2.05) is 0 Å². The molecule has 2 N–H and O–H groups in total. The predicted molar refractivity (Wildman–Crippen MR) is 52.5 cm³/mol. The Morgan fingerprint density at radius 1 is 1.57 bits per heavy atom. The van der Waals surface area contributed by atoms with Gasteiger partial charge in [0, 0.05) is 12.5 Å². The molecule has 0 aromatic heterocycles. The van der Waals surface area contributed by atoms with Crippen LogP contribution < -0.4 is 0 Å². The molecule has 1 aliphatic carbocycles. The Kier molecular flexibility index (Phi) is 3.97. The highest BCUT2D eigenvalue weighted by Crippen LogP contribution is 2.30. The fraction of sp³-hybridized carbons (Fsp3) is 0.727. The average Bonchev–Trinajstić information content (AvgIpc) is 2.60. The SMILES string of the molecule is CC(C#CC1CCCC1CO)C(=O)O. The lowest BCUT2D eigenvalue weighted by Crippen LogP contribution is -2.11. The summed E-state index contributed by atoms with van der Waals surface area (Å²) < 4.78 is 0. The molecule has 14 heavy (non-hydrogen) atoms. The molecule has 3 heteroatoms. The molecule has 0 bridgehead atoms. The zero-order valence-electron chi connectivity index (χ0n) is 8.36. The van der Waals surface area contributed by atoms with Gasteiger partial charge in [0.15, 0.2) is 0 Å². The summed E-state index contributed by atoms with van der Waals surface area (Å²) in [6, 6.07) is 0. The van der Waals surface area contributed by atoms with Crippen LogP contribution in [-0.4, -0.2) is 22.8 Å². The second kappa shape index (κ2) is 5.02. The molecule has 78 valence electrons. The van der Waals surface area contributed by atoms with Crippen LogP contribution in [0, 0.1) is 29.6 Å². The van der Waals surface area contributed by atoms with Crippen LogP contribution in [0.3, 0.4) is 0 Å². The predicted octanol–water partition coefficient (Wildman–Crippen LogP) is 1.12. The molecule has 0 radical (unpaired) electrons. The molecule has 0 spiro atoms. The summed E-state index contributed by atoms with van der Waals surface area (Å²) in [5.74, 6) is 4.67. The Morgan fingerprint density at radius 3 is 2.86 bits per heavy atom. The van der Waals surface area contributed by atoms with E-state index in [0.717, 1.165) is 19.3 Å². The summed E-state index contributed by atoms with van der Waals surface area (Å²) in [4.78, 5) is 10.5. The highest BCUT2D eigenvalue weighted by Gasteiger charge is 2.24. The van der Waals surface area contributed by atoms with E-state index in [1.54, 1.807) is 6.92 Å². The molecule has 1 fully saturated rings. The van der Waals surface area contributed by atoms with E-state index in [0.29, 0.717) is 0 Å². The number of rotatable bonds is 2. The number of carboxylic acids is 1. The molecule has 0 aromatic rings. The number of aliphatic hydroxyl groups excluding tert-OH is 1. The molecule has 0 amide bonds. The molecule has 1 aliphatic rings. The van der Waals surface area contributed by atoms with Gasteiger partial charge in [-0.25, -0.2) is 0 Å². The van der Waals surface area contributed by atoms with Gasteiger partial charge >= 0.3 is 5.97 Å². The molecular weight excluding hydrogens is 180 g/mol. The summed E-state index contributed by atoms with van der Waals surface area (Å²) in [6.45, 7) is 1.75. The maximum absolute atomic E-state index is 10.5. The molecule has 3 atom stereocenters. The molecule has 3 unspecified atom stereocenters. The highest BCUT2D eigenvalue weighted by molar-refractivity contribution is 5.72. The van der Waals surface area contributed by atoms with Crippen molar-refractivity contribution in [1.82, 2.24) is 0 Å². The summed E-state index contributed by atoms with van der Waals surface area (Å²) in [6.07, 6.45) is 3.09. The highest BCUT2D eigenvalue weighted by atomic mass is 16.4. The van der Waals surface area contributed by atoms with Crippen LogP contribution in [0.5, 0.6) is 0 Å². The smallest absolute Gasteiger partial charge is 0.318 e. The molecule has 0 saturated heterocycles. The maximum Gasteiger partial charge on any atom is 0.318 e. The summed E-state index contributed by atoms with van der Waals surface area (Å²) in [5.41, 5.74) is 0. The first-order chi connectivity index (χ1) is 6.65. The van der Waals surface area contributed by atoms with Crippen LogP contribution in [0.4, 0.5) is 0 Å². The molecule has 3 nitrogen and oxygen atoms in total. The van der Waals surface area contributed by atoms with Crippen molar-refractivity contribution >= 4 is 5.97 Å².